The van der Waals surface area contributed by atoms with Crippen molar-refractivity contribution in [3.63, 3.8) is 0 Å². The summed E-state index contributed by atoms with van der Waals surface area (Å²) in [6, 6.07) is 7.29. The number of anilines is 1. The van der Waals surface area contributed by atoms with E-state index in [9.17, 15) is 0 Å². The van der Waals surface area contributed by atoms with Gasteiger partial charge in [-0.1, -0.05) is 13.0 Å². The molecule has 2 N–H and O–H groups in total. The Kier molecular flexibility index (Phi) is 5.87. The Morgan fingerprint density at radius 3 is 2.90 bits per heavy atom. The number of benzene rings is 1. The molecule has 112 valence electrons. The number of nitrogens with zero attached hydrogens (tertiary/aromatic N) is 2. The van der Waals surface area contributed by atoms with E-state index in [4.69, 9.17) is 5.73 Å². The molecule has 0 aliphatic carbocycles. The molecule has 20 heavy (non-hydrogen) atoms. The van der Waals surface area contributed by atoms with E-state index in [0.717, 1.165) is 19.5 Å². The molecule has 1 aliphatic rings. The minimum absolute atomic E-state index is 0.695. The van der Waals surface area contributed by atoms with Crippen LogP contribution in [0.4, 0.5) is 5.69 Å². The molecular weight excluding hydrogens is 314 g/mol. The molecule has 1 heterocycles. The van der Waals surface area contributed by atoms with Gasteiger partial charge in [0.25, 0.3) is 0 Å². The first kappa shape index (κ1) is 15.8. The van der Waals surface area contributed by atoms with Gasteiger partial charge in [0.05, 0.1) is 5.69 Å². The Hall–Kier alpha value is -0.580. The Labute approximate surface area is 131 Å². The molecule has 0 saturated carbocycles. The molecule has 1 aromatic carbocycles. The van der Waals surface area contributed by atoms with Gasteiger partial charge >= 0.3 is 0 Å². The summed E-state index contributed by atoms with van der Waals surface area (Å²) in [6.45, 7) is 6.48. The van der Waals surface area contributed by atoms with E-state index < -0.39 is 0 Å². The van der Waals surface area contributed by atoms with Crippen LogP contribution in [0.25, 0.3) is 0 Å². The molecule has 1 atom stereocenters. The summed E-state index contributed by atoms with van der Waals surface area (Å²) in [4.78, 5) is 4.96. The van der Waals surface area contributed by atoms with Crippen LogP contribution in [-0.4, -0.2) is 44.2 Å². The SMILES string of the molecule is CCN1CCCC1CN(C)c1ccc(CCN)cc1Br. The van der Waals surface area contributed by atoms with Crippen LogP contribution < -0.4 is 10.6 Å². The zero-order valence-electron chi connectivity index (χ0n) is 12.6. The molecule has 0 radical (unpaired) electrons. The highest BCUT2D eigenvalue weighted by Gasteiger charge is 2.24. The smallest absolute Gasteiger partial charge is 0.0508 e. The van der Waals surface area contributed by atoms with Gasteiger partial charge in [-0.05, 0) is 72.5 Å². The van der Waals surface area contributed by atoms with Crippen molar-refractivity contribution in [3.05, 3.63) is 28.2 Å². The normalized spacial score (nSPS) is 19.5. The van der Waals surface area contributed by atoms with Crippen molar-refractivity contribution in [3.8, 4) is 0 Å². The van der Waals surface area contributed by atoms with Crippen LogP contribution in [0, 0.1) is 0 Å². The molecule has 1 saturated heterocycles. The van der Waals surface area contributed by atoms with E-state index in [0.29, 0.717) is 12.6 Å². The summed E-state index contributed by atoms with van der Waals surface area (Å²) >= 11 is 3.70. The second kappa shape index (κ2) is 7.43. The third-order valence-electron chi connectivity index (χ3n) is 4.25. The largest absolute Gasteiger partial charge is 0.372 e. The molecule has 0 amide bonds. The van der Waals surface area contributed by atoms with Crippen molar-refractivity contribution in [2.45, 2.75) is 32.2 Å². The topological polar surface area (TPSA) is 32.5 Å². The van der Waals surface area contributed by atoms with E-state index in [1.807, 2.05) is 0 Å². The van der Waals surface area contributed by atoms with Crippen LogP contribution in [0.1, 0.15) is 25.3 Å². The van der Waals surface area contributed by atoms with E-state index in [1.165, 1.54) is 35.1 Å². The summed E-state index contributed by atoms with van der Waals surface area (Å²) in [5.74, 6) is 0. The highest BCUT2D eigenvalue weighted by molar-refractivity contribution is 9.10. The first-order chi connectivity index (χ1) is 9.65. The summed E-state index contributed by atoms with van der Waals surface area (Å²) in [5, 5.41) is 0. The van der Waals surface area contributed by atoms with Crippen molar-refractivity contribution in [1.82, 2.24) is 4.90 Å². The summed E-state index contributed by atoms with van der Waals surface area (Å²) in [5.41, 5.74) is 8.19. The van der Waals surface area contributed by atoms with Gasteiger partial charge in [0.1, 0.15) is 0 Å². The molecule has 4 heteroatoms. The minimum atomic E-state index is 0.695. The van der Waals surface area contributed by atoms with Crippen molar-refractivity contribution >= 4 is 21.6 Å². The third kappa shape index (κ3) is 3.74. The molecule has 0 bridgehead atoms. The number of likely N-dealkylation sites (N-methyl/N-ethyl adjacent to an activating group) is 2. The summed E-state index contributed by atoms with van der Waals surface area (Å²) in [6.07, 6.45) is 3.60. The monoisotopic (exact) mass is 339 g/mol. The second-order valence-electron chi connectivity index (χ2n) is 5.63. The number of halogens is 1. The van der Waals surface area contributed by atoms with Gasteiger partial charge in [0.2, 0.25) is 0 Å². The quantitative estimate of drug-likeness (QED) is 0.864. The lowest BCUT2D eigenvalue weighted by Gasteiger charge is -2.29. The molecule has 3 nitrogen and oxygen atoms in total. The van der Waals surface area contributed by atoms with Crippen molar-refractivity contribution < 1.29 is 0 Å². The van der Waals surface area contributed by atoms with Gasteiger partial charge in [-0.2, -0.15) is 0 Å². The minimum Gasteiger partial charge on any atom is -0.372 e. The lowest BCUT2D eigenvalue weighted by molar-refractivity contribution is 0.270. The number of hydrogen-bond donors (Lipinski definition) is 1. The molecule has 2 rings (SSSR count). The van der Waals surface area contributed by atoms with Crippen LogP contribution in [0.3, 0.4) is 0 Å². The third-order valence-corrected chi connectivity index (χ3v) is 4.88. The predicted octanol–water partition coefficient (Wildman–Crippen LogP) is 2.87. The molecule has 1 unspecified atom stereocenters. The average molecular weight is 340 g/mol. The number of hydrogen-bond acceptors (Lipinski definition) is 3. The Morgan fingerprint density at radius 1 is 1.45 bits per heavy atom. The zero-order chi connectivity index (χ0) is 14.5. The lowest BCUT2D eigenvalue weighted by atomic mass is 10.1. The van der Waals surface area contributed by atoms with Crippen LogP contribution in [0.5, 0.6) is 0 Å². The van der Waals surface area contributed by atoms with Gasteiger partial charge < -0.3 is 10.6 Å². The molecule has 1 aromatic rings. The lowest BCUT2D eigenvalue weighted by Crippen LogP contribution is -2.38. The highest BCUT2D eigenvalue weighted by Crippen LogP contribution is 2.28. The fraction of sp³-hybridized carbons (Fsp3) is 0.625. The molecular formula is C16H26BrN3. The fourth-order valence-corrected chi connectivity index (χ4v) is 3.84. The standard InChI is InChI=1S/C16H26BrN3/c1-3-20-10-4-5-14(20)12-19(2)16-7-6-13(8-9-18)11-15(16)17/h6-7,11,14H,3-5,8-10,12,18H2,1-2H3. The number of nitrogens with two attached hydrogens (primary N) is 1. The predicted molar refractivity (Wildman–Crippen MR) is 90.4 cm³/mol. The molecule has 0 aromatic heterocycles. The van der Waals surface area contributed by atoms with Crippen LogP contribution in [-0.2, 0) is 6.42 Å². The van der Waals surface area contributed by atoms with Crippen molar-refractivity contribution in [2.24, 2.45) is 5.73 Å². The maximum atomic E-state index is 5.62. The van der Waals surface area contributed by atoms with E-state index >= 15 is 0 Å². The Balaban J connectivity index is 2.03. The number of rotatable bonds is 6. The summed E-state index contributed by atoms with van der Waals surface area (Å²) < 4.78 is 1.17. The summed E-state index contributed by atoms with van der Waals surface area (Å²) in [7, 11) is 2.19. The molecule has 0 spiro atoms. The second-order valence-corrected chi connectivity index (χ2v) is 6.48. The Morgan fingerprint density at radius 2 is 2.25 bits per heavy atom. The van der Waals surface area contributed by atoms with E-state index in [1.54, 1.807) is 0 Å². The van der Waals surface area contributed by atoms with Crippen LogP contribution in [0.15, 0.2) is 22.7 Å². The van der Waals surface area contributed by atoms with Gasteiger partial charge in [0, 0.05) is 24.1 Å². The van der Waals surface area contributed by atoms with E-state index in [2.05, 4.69) is 57.9 Å². The number of likely N-dealkylation sites (tertiary alicyclic amines) is 1. The fourth-order valence-electron chi connectivity index (χ4n) is 3.11. The van der Waals surface area contributed by atoms with Crippen molar-refractivity contribution in [2.75, 3.05) is 38.1 Å². The van der Waals surface area contributed by atoms with Gasteiger partial charge in [0.15, 0.2) is 0 Å². The average Bonchev–Trinajstić information content (AvgIpc) is 2.86. The van der Waals surface area contributed by atoms with Gasteiger partial charge in [-0.15, -0.1) is 0 Å². The first-order valence-electron chi connectivity index (χ1n) is 7.59. The maximum Gasteiger partial charge on any atom is 0.0508 e. The maximum absolute atomic E-state index is 5.62. The van der Waals surface area contributed by atoms with Gasteiger partial charge in [-0.3, -0.25) is 4.90 Å². The first-order valence-corrected chi connectivity index (χ1v) is 8.38. The van der Waals surface area contributed by atoms with Crippen LogP contribution >= 0.6 is 15.9 Å². The van der Waals surface area contributed by atoms with E-state index in [-0.39, 0.29) is 0 Å². The Bertz CT molecular complexity index is 436. The highest BCUT2D eigenvalue weighted by atomic mass is 79.9. The molecule has 1 aliphatic heterocycles. The van der Waals surface area contributed by atoms with Crippen molar-refractivity contribution in [1.29, 1.82) is 0 Å². The van der Waals surface area contributed by atoms with Crippen LogP contribution in [0.2, 0.25) is 0 Å². The zero-order valence-corrected chi connectivity index (χ0v) is 14.2. The van der Waals surface area contributed by atoms with Gasteiger partial charge in [-0.25, -0.2) is 0 Å². The molecule has 1 fully saturated rings.